The number of hydrogen-bond acceptors (Lipinski definition) is 2. The molecule has 0 aromatic heterocycles. The van der Waals surface area contributed by atoms with Gasteiger partial charge in [0.1, 0.15) is 0 Å². The number of rotatable bonds is 5. The zero-order valence-corrected chi connectivity index (χ0v) is 12.6. The standard InChI is InChI=1S/C18H22O2/c1-14(2)10-11-17(18(19)20-13-15(3)4)12-16-8-6-5-7-9-16/h5-9,11-12,15H,13H2,1-4H3/b17-12-. The maximum atomic E-state index is 12.1. The summed E-state index contributed by atoms with van der Waals surface area (Å²) in [6.07, 6.45) is 3.50. The highest BCUT2D eigenvalue weighted by atomic mass is 16.5. The summed E-state index contributed by atoms with van der Waals surface area (Å²) in [4.78, 5) is 12.1. The van der Waals surface area contributed by atoms with Gasteiger partial charge in [0.25, 0.3) is 0 Å². The Labute approximate surface area is 121 Å². The van der Waals surface area contributed by atoms with E-state index in [1.807, 2.05) is 64.1 Å². The third-order valence-corrected chi connectivity index (χ3v) is 2.42. The van der Waals surface area contributed by atoms with E-state index in [1.54, 1.807) is 6.08 Å². The SMILES string of the molecule is CC(C)=C=C/C(=C/c1ccccc1)C(=O)OCC(C)C. The molecule has 0 heterocycles. The summed E-state index contributed by atoms with van der Waals surface area (Å²) < 4.78 is 5.28. The molecule has 106 valence electrons. The highest BCUT2D eigenvalue weighted by molar-refractivity contribution is 5.96. The first-order valence-electron chi connectivity index (χ1n) is 6.83. The molecule has 0 N–H and O–H groups in total. The van der Waals surface area contributed by atoms with Gasteiger partial charge in [-0.05, 0) is 43.1 Å². The maximum Gasteiger partial charge on any atom is 0.338 e. The fourth-order valence-corrected chi connectivity index (χ4v) is 1.44. The van der Waals surface area contributed by atoms with E-state index in [2.05, 4.69) is 5.73 Å². The van der Waals surface area contributed by atoms with E-state index in [0.717, 1.165) is 11.1 Å². The van der Waals surface area contributed by atoms with Crippen LogP contribution in [-0.4, -0.2) is 12.6 Å². The molecule has 0 amide bonds. The topological polar surface area (TPSA) is 26.3 Å². The van der Waals surface area contributed by atoms with Gasteiger partial charge in [-0.15, -0.1) is 5.73 Å². The average molecular weight is 270 g/mol. The van der Waals surface area contributed by atoms with Crippen molar-refractivity contribution in [3.8, 4) is 0 Å². The third kappa shape index (κ3) is 6.21. The predicted molar refractivity (Wildman–Crippen MR) is 83.2 cm³/mol. The summed E-state index contributed by atoms with van der Waals surface area (Å²) in [6.45, 7) is 8.33. The summed E-state index contributed by atoms with van der Waals surface area (Å²) >= 11 is 0. The first-order valence-corrected chi connectivity index (χ1v) is 6.83. The highest BCUT2D eigenvalue weighted by Gasteiger charge is 2.09. The van der Waals surface area contributed by atoms with Crippen molar-refractivity contribution in [3.05, 3.63) is 58.8 Å². The molecule has 0 saturated carbocycles. The summed E-state index contributed by atoms with van der Waals surface area (Å²) in [5, 5.41) is 0. The van der Waals surface area contributed by atoms with Gasteiger partial charge < -0.3 is 4.74 Å². The average Bonchev–Trinajstić information content (AvgIpc) is 2.41. The Kier molecular flexibility index (Phi) is 6.55. The molecule has 0 aliphatic rings. The molecule has 0 saturated heterocycles. The molecule has 0 unspecified atom stereocenters. The second kappa shape index (κ2) is 8.19. The summed E-state index contributed by atoms with van der Waals surface area (Å²) in [7, 11) is 0. The number of benzene rings is 1. The Morgan fingerprint density at radius 1 is 1.25 bits per heavy atom. The minimum Gasteiger partial charge on any atom is -0.462 e. The Morgan fingerprint density at radius 2 is 1.90 bits per heavy atom. The van der Waals surface area contributed by atoms with Crippen molar-refractivity contribution < 1.29 is 9.53 Å². The van der Waals surface area contributed by atoms with Gasteiger partial charge in [-0.2, -0.15) is 0 Å². The molecule has 1 rings (SSSR count). The van der Waals surface area contributed by atoms with Crippen LogP contribution in [-0.2, 0) is 9.53 Å². The van der Waals surface area contributed by atoms with Crippen molar-refractivity contribution in [2.24, 2.45) is 5.92 Å². The Balaban J connectivity index is 3.00. The molecule has 1 aromatic carbocycles. The van der Waals surface area contributed by atoms with Gasteiger partial charge in [0.2, 0.25) is 0 Å². The van der Waals surface area contributed by atoms with Crippen molar-refractivity contribution in [3.63, 3.8) is 0 Å². The lowest BCUT2D eigenvalue weighted by Gasteiger charge is -2.07. The number of esters is 1. The third-order valence-electron chi connectivity index (χ3n) is 2.42. The highest BCUT2D eigenvalue weighted by Crippen LogP contribution is 2.10. The Morgan fingerprint density at radius 3 is 2.45 bits per heavy atom. The van der Waals surface area contributed by atoms with Crippen LogP contribution in [0.2, 0.25) is 0 Å². The van der Waals surface area contributed by atoms with E-state index in [9.17, 15) is 4.79 Å². The van der Waals surface area contributed by atoms with Crippen LogP contribution in [0.4, 0.5) is 0 Å². The number of ether oxygens (including phenoxy) is 1. The van der Waals surface area contributed by atoms with Gasteiger partial charge >= 0.3 is 5.97 Å². The van der Waals surface area contributed by atoms with Crippen molar-refractivity contribution in [1.82, 2.24) is 0 Å². The van der Waals surface area contributed by atoms with Crippen molar-refractivity contribution >= 4 is 12.0 Å². The second-order valence-electron chi connectivity index (χ2n) is 5.29. The lowest BCUT2D eigenvalue weighted by molar-refractivity contribution is -0.139. The van der Waals surface area contributed by atoms with Crippen LogP contribution in [0.25, 0.3) is 6.08 Å². The van der Waals surface area contributed by atoms with E-state index in [4.69, 9.17) is 4.74 Å². The van der Waals surface area contributed by atoms with Gasteiger partial charge in [0.15, 0.2) is 0 Å². The summed E-state index contributed by atoms with van der Waals surface area (Å²) in [5.74, 6) is 0.0145. The zero-order chi connectivity index (χ0) is 15.0. The molecular formula is C18H22O2. The molecule has 0 aliphatic carbocycles. The van der Waals surface area contributed by atoms with Crippen LogP contribution in [0.15, 0.2) is 53.3 Å². The van der Waals surface area contributed by atoms with Crippen molar-refractivity contribution in [2.45, 2.75) is 27.7 Å². The number of carbonyl (C=O) groups excluding carboxylic acids is 1. The van der Waals surface area contributed by atoms with Gasteiger partial charge in [-0.25, -0.2) is 4.79 Å². The van der Waals surface area contributed by atoms with Crippen LogP contribution in [0.5, 0.6) is 0 Å². The molecule has 2 heteroatoms. The molecule has 0 spiro atoms. The van der Waals surface area contributed by atoms with Crippen molar-refractivity contribution in [1.29, 1.82) is 0 Å². The smallest absolute Gasteiger partial charge is 0.338 e. The van der Waals surface area contributed by atoms with E-state index in [0.29, 0.717) is 18.1 Å². The molecule has 0 atom stereocenters. The molecule has 2 nitrogen and oxygen atoms in total. The van der Waals surface area contributed by atoms with E-state index in [-0.39, 0.29) is 5.97 Å². The van der Waals surface area contributed by atoms with Crippen LogP contribution >= 0.6 is 0 Å². The first-order chi connectivity index (χ1) is 9.49. The molecule has 1 aromatic rings. The summed E-state index contributed by atoms with van der Waals surface area (Å²) in [6, 6.07) is 9.72. The first kappa shape index (κ1) is 16.0. The minimum absolute atomic E-state index is 0.309. The Bertz CT molecular complexity index is 526. The predicted octanol–water partition coefficient (Wildman–Crippen LogP) is 4.39. The monoisotopic (exact) mass is 270 g/mol. The fourth-order valence-electron chi connectivity index (χ4n) is 1.44. The molecule has 20 heavy (non-hydrogen) atoms. The molecule has 0 radical (unpaired) electrons. The maximum absolute atomic E-state index is 12.1. The van der Waals surface area contributed by atoms with Crippen molar-refractivity contribution in [2.75, 3.05) is 6.61 Å². The van der Waals surface area contributed by atoms with E-state index >= 15 is 0 Å². The molecular weight excluding hydrogens is 248 g/mol. The largest absolute Gasteiger partial charge is 0.462 e. The summed E-state index contributed by atoms with van der Waals surface area (Å²) in [5.41, 5.74) is 5.55. The number of carbonyl (C=O) groups is 1. The van der Waals surface area contributed by atoms with Gasteiger partial charge in [0.05, 0.1) is 12.2 Å². The quantitative estimate of drug-likeness (QED) is 0.343. The van der Waals surface area contributed by atoms with Crippen LogP contribution in [0, 0.1) is 5.92 Å². The molecule has 0 aliphatic heterocycles. The van der Waals surface area contributed by atoms with E-state index in [1.165, 1.54) is 0 Å². The lowest BCUT2D eigenvalue weighted by Crippen LogP contribution is -2.11. The molecule has 0 fully saturated rings. The zero-order valence-electron chi connectivity index (χ0n) is 12.6. The van der Waals surface area contributed by atoms with Crippen LogP contribution < -0.4 is 0 Å². The van der Waals surface area contributed by atoms with Gasteiger partial charge in [-0.1, -0.05) is 44.2 Å². The normalized spacial score (nSPS) is 10.9. The van der Waals surface area contributed by atoms with Crippen LogP contribution in [0.3, 0.4) is 0 Å². The lowest BCUT2D eigenvalue weighted by atomic mass is 10.1. The van der Waals surface area contributed by atoms with Crippen LogP contribution in [0.1, 0.15) is 33.3 Å². The van der Waals surface area contributed by atoms with Gasteiger partial charge in [0, 0.05) is 0 Å². The van der Waals surface area contributed by atoms with Gasteiger partial charge in [-0.3, -0.25) is 0 Å². The minimum atomic E-state index is -0.309. The number of hydrogen-bond donors (Lipinski definition) is 0. The fraction of sp³-hybridized carbons (Fsp3) is 0.333. The second-order valence-corrected chi connectivity index (χ2v) is 5.29. The molecule has 0 bridgehead atoms. The van der Waals surface area contributed by atoms with E-state index < -0.39 is 0 Å². The Hall–Kier alpha value is -2.05.